The van der Waals surface area contributed by atoms with Crippen LogP contribution in [0.25, 0.3) is 0 Å². The molecular formula is C13H15N5O. The molecule has 0 amide bonds. The largest absolute Gasteiger partial charge is 0.478 e. The van der Waals surface area contributed by atoms with Crippen molar-refractivity contribution < 1.29 is 4.74 Å². The van der Waals surface area contributed by atoms with Gasteiger partial charge >= 0.3 is 0 Å². The molecule has 0 aliphatic rings. The first kappa shape index (κ1) is 13.1. The summed E-state index contributed by atoms with van der Waals surface area (Å²) in [6.07, 6.45) is 1.67. The first-order valence-corrected chi connectivity index (χ1v) is 5.92. The van der Waals surface area contributed by atoms with E-state index in [2.05, 4.69) is 15.4 Å². The van der Waals surface area contributed by atoms with Crippen molar-refractivity contribution in [1.29, 1.82) is 5.26 Å². The first-order chi connectivity index (χ1) is 9.29. The third kappa shape index (κ3) is 3.79. The van der Waals surface area contributed by atoms with Gasteiger partial charge in [0.2, 0.25) is 0 Å². The Balaban J connectivity index is 1.90. The van der Waals surface area contributed by atoms with Crippen molar-refractivity contribution in [2.75, 3.05) is 6.61 Å². The van der Waals surface area contributed by atoms with E-state index in [0.29, 0.717) is 13.1 Å². The average Bonchev–Trinajstić information content (AvgIpc) is 2.83. The van der Waals surface area contributed by atoms with Crippen LogP contribution < -0.4 is 10.1 Å². The molecule has 0 saturated carbocycles. The Bertz CT molecular complexity index is 572. The zero-order valence-corrected chi connectivity index (χ0v) is 10.7. The summed E-state index contributed by atoms with van der Waals surface area (Å²) in [6.45, 7) is 1.28. The summed E-state index contributed by atoms with van der Waals surface area (Å²) in [5, 5.41) is 16.0. The summed E-state index contributed by atoms with van der Waals surface area (Å²) in [5.41, 5.74) is 1.01. The van der Waals surface area contributed by atoms with E-state index in [1.165, 1.54) is 0 Å². The lowest BCUT2D eigenvalue weighted by Crippen LogP contribution is -2.15. The Labute approximate surface area is 111 Å². The maximum absolute atomic E-state index is 8.54. The van der Waals surface area contributed by atoms with E-state index in [1.807, 2.05) is 37.4 Å². The van der Waals surface area contributed by atoms with E-state index in [4.69, 9.17) is 10.00 Å². The number of nitriles is 1. The Morgan fingerprint density at radius 3 is 2.95 bits per heavy atom. The van der Waals surface area contributed by atoms with E-state index in [1.54, 1.807) is 11.0 Å². The van der Waals surface area contributed by atoms with Crippen molar-refractivity contribution >= 4 is 0 Å². The van der Waals surface area contributed by atoms with Gasteiger partial charge in [0.05, 0.1) is 6.54 Å². The molecule has 0 unspecified atom stereocenters. The minimum Gasteiger partial charge on any atom is -0.478 e. The van der Waals surface area contributed by atoms with Gasteiger partial charge in [-0.1, -0.05) is 18.2 Å². The molecular weight excluding hydrogens is 242 g/mol. The van der Waals surface area contributed by atoms with Crippen molar-refractivity contribution in [2.24, 2.45) is 7.05 Å². The predicted molar refractivity (Wildman–Crippen MR) is 69.1 cm³/mol. The fourth-order valence-electron chi connectivity index (χ4n) is 1.67. The van der Waals surface area contributed by atoms with E-state index in [-0.39, 0.29) is 6.61 Å². The number of aromatic nitrogens is 3. The Morgan fingerprint density at radius 2 is 2.21 bits per heavy atom. The highest BCUT2D eigenvalue weighted by Crippen LogP contribution is 2.17. The SMILES string of the molecule is Cn1cnc(CNCc2ccccc2OCC#N)n1. The van der Waals surface area contributed by atoms with Crippen LogP contribution >= 0.6 is 0 Å². The third-order valence-corrected chi connectivity index (χ3v) is 2.51. The van der Waals surface area contributed by atoms with Crippen molar-refractivity contribution in [3.63, 3.8) is 0 Å². The molecule has 1 aromatic carbocycles. The van der Waals surface area contributed by atoms with Gasteiger partial charge in [-0.3, -0.25) is 4.68 Å². The molecule has 19 heavy (non-hydrogen) atoms. The monoisotopic (exact) mass is 257 g/mol. The van der Waals surface area contributed by atoms with Crippen molar-refractivity contribution in [3.05, 3.63) is 42.0 Å². The molecule has 1 aromatic heterocycles. The Kier molecular flexibility index (Phi) is 4.48. The molecule has 0 saturated heterocycles. The highest BCUT2D eigenvalue weighted by atomic mass is 16.5. The number of nitrogens with one attached hydrogen (secondary N) is 1. The first-order valence-electron chi connectivity index (χ1n) is 5.92. The van der Waals surface area contributed by atoms with Gasteiger partial charge in [0.1, 0.15) is 18.1 Å². The smallest absolute Gasteiger partial charge is 0.174 e. The summed E-state index contributed by atoms with van der Waals surface area (Å²) in [7, 11) is 1.83. The molecule has 0 radical (unpaired) electrons. The zero-order valence-electron chi connectivity index (χ0n) is 10.7. The maximum Gasteiger partial charge on any atom is 0.174 e. The molecule has 6 heteroatoms. The molecule has 0 atom stereocenters. The molecule has 0 bridgehead atoms. The second-order valence-corrected chi connectivity index (χ2v) is 3.99. The maximum atomic E-state index is 8.54. The summed E-state index contributed by atoms with van der Waals surface area (Å²) in [6, 6.07) is 9.61. The average molecular weight is 257 g/mol. The van der Waals surface area contributed by atoms with Gasteiger partial charge in [-0.05, 0) is 6.07 Å². The second-order valence-electron chi connectivity index (χ2n) is 3.99. The second kappa shape index (κ2) is 6.52. The fourth-order valence-corrected chi connectivity index (χ4v) is 1.67. The zero-order chi connectivity index (χ0) is 13.5. The quantitative estimate of drug-likeness (QED) is 0.835. The van der Waals surface area contributed by atoms with Gasteiger partial charge in [0.25, 0.3) is 0 Å². The van der Waals surface area contributed by atoms with Crippen LogP contribution in [0.3, 0.4) is 0 Å². The number of para-hydroxylation sites is 1. The predicted octanol–water partition coefficient (Wildman–Crippen LogP) is 1.01. The molecule has 2 aromatic rings. The van der Waals surface area contributed by atoms with Crippen LogP contribution in [0.5, 0.6) is 5.75 Å². The molecule has 1 heterocycles. The number of aryl methyl sites for hydroxylation is 1. The van der Waals surface area contributed by atoms with Crippen LogP contribution in [0.4, 0.5) is 0 Å². The lowest BCUT2D eigenvalue weighted by atomic mass is 10.2. The Morgan fingerprint density at radius 1 is 1.37 bits per heavy atom. The van der Waals surface area contributed by atoms with Gasteiger partial charge in [0.15, 0.2) is 12.4 Å². The standard InChI is InChI=1S/C13H15N5O/c1-18-10-16-13(17-18)9-15-8-11-4-2-3-5-12(11)19-7-6-14/h2-5,10,15H,7-9H2,1H3. The van der Waals surface area contributed by atoms with Crippen molar-refractivity contribution in [2.45, 2.75) is 13.1 Å². The third-order valence-electron chi connectivity index (χ3n) is 2.51. The summed E-state index contributed by atoms with van der Waals surface area (Å²) >= 11 is 0. The van der Waals surface area contributed by atoms with Crippen LogP contribution in [0, 0.1) is 11.3 Å². The topological polar surface area (TPSA) is 75.8 Å². The molecule has 1 N–H and O–H groups in total. The highest BCUT2D eigenvalue weighted by Gasteiger charge is 2.03. The number of hydrogen-bond donors (Lipinski definition) is 1. The normalized spacial score (nSPS) is 10.1. The Hall–Kier alpha value is -2.39. The molecule has 98 valence electrons. The lowest BCUT2D eigenvalue weighted by Gasteiger charge is -2.09. The molecule has 0 fully saturated rings. The van der Waals surface area contributed by atoms with Gasteiger partial charge in [0, 0.05) is 19.2 Å². The van der Waals surface area contributed by atoms with Gasteiger partial charge in [-0.25, -0.2) is 4.98 Å². The van der Waals surface area contributed by atoms with Crippen LogP contribution in [-0.4, -0.2) is 21.4 Å². The highest BCUT2D eigenvalue weighted by molar-refractivity contribution is 5.33. The number of ether oxygens (including phenoxy) is 1. The number of benzene rings is 1. The number of rotatable bonds is 6. The molecule has 0 aliphatic heterocycles. The van der Waals surface area contributed by atoms with Crippen molar-refractivity contribution in [3.8, 4) is 11.8 Å². The summed E-state index contributed by atoms with van der Waals surface area (Å²) in [4.78, 5) is 4.13. The van der Waals surface area contributed by atoms with Gasteiger partial charge in [-0.2, -0.15) is 10.4 Å². The molecule has 6 nitrogen and oxygen atoms in total. The van der Waals surface area contributed by atoms with Gasteiger partial charge in [-0.15, -0.1) is 0 Å². The lowest BCUT2D eigenvalue weighted by molar-refractivity contribution is 0.362. The van der Waals surface area contributed by atoms with E-state index >= 15 is 0 Å². The number of hydrogen-bond acceptors (Lipinski definition) is 5. The van der Waals surface area contributed by atoms with Gasteiger partial charge < -0.3 is 10.1 Å². The van der Waals surface area contributed by atoms with Crippen LogP contribution in [0.15, 0.2) is 30.6 Å². The molecule has 2 rings (SSSR count). The minimum absolute atomic E-state index is 0.0544. The minimum atomic E-state index is 0.0544. The van der Waals surface area contributed by atoms with E-state index in [0.717, 1.165) is 17.1 Å². The van der Waals surface area contributed by atoms with E-state index in [9.17, 15) is 0 Å². The van der Waals surface area contributed by atoms with Crippen LogP contribution in [0.2, 0.25) is 0 Å². The molecule has 0 aliphatic carbocycles. The van der Waals surface area contributed by atoms with E-state index < -0.39 is 0 Å². The summed E-state index contributed by atoms with van der Waals surface area (Å²) < 4.78 is 7.02. The van der Waals surface area contributed by atoms with Crippen LogP contribution in [0.1, 0.15) is 11.4 Å². The number of nitrogens with zero attached hydrogens (tertiary/aromatic N) is 4. The fraction of sp³-hybridized carbons (Fsp3) is 0.308. The summed E-state index contributed by atoms with van der Waals surface area (Å²) in [5.74, 6) is 1.48. The van der Waals surface area contributed by atoms with Crippen LogP contribution in [-0.2, 0) is 20.1 Å². The van der Waals surface area contributed by atoms with Crippen molar-refractivity contribution in [1.82, 2.24) is 20.1 Å². The molecule has 0 spiro atoms.